The maximum Gasteiger partial charge on any atom is 0.152 e. The van der Waals surface area contributed by atoms with E-state index in [2.05, 4.69) is 0 Å². The Labute approximate surface area is 115 Å². The first-order valence-electron chi connectivity index (χ1n) is 5.86. The molecular formula is C15H13N3O2. The van der Waals surface area contributed by atoms with Crippen LogP contribution in [0.3, 0.4) is 0 Å². The molecule has 0 aliphatic rings. The molecule has 0 saturated heterocycles. The molecule has 2 aromatic rings. The van der Waals surface area contributed by atoms with E-state index in [1.165, 1.54) is 0 Å². The Kier molecular flexibility index (Phi) is 3.61. The highest BCUT2D eigenvalue weighted by molar-refractivity contribution is 6.11. The molecule has 0 bridgehead atoms. The Morgan fingerprint density at radius 2 is 1.40 bits per heavy atom. The van der Waals surface area contributed by atoms with Gasteiger partial charge in [0.25, 0.3) is 0 Å². The molecule has 0 aliphatic heterocycles. The summed E-state index contributed by atoms with van der Waals surface area (Å²) < 4.78 is 0. The molecule has 100 valence electrons. The summed E-state index contributed by atoms with van der Waals surface area (Å²) in [5.41, 5.74) is 13.8. The SMILES string of the molecule is N=Cc1c(N)c(C=O)c(C=O)c(N)c1-c1ccccc1. The van der Waals surface area contributed by atoms with Crippen molar-refractivity contribution in [3.8, 4) is 11.1 Å². The van der Waals surface area contributed by atoms with Gasteiger partial charge in [0, 0.05) is 17.3 Å². The largest absolute Gasteiger partial charge is 0.398 e. The van der Waals surface area contributed by atoms with Crippen LogP contribution in [0.25, 0.3) is 11.1 Å². The molecule has 0 fully saturated rings. The number of hydrogen-bond donors (Lipinski definition) is 3. The van der Waals surface area contributed by atoms with Crippen molar-refractivity contribution in [3.05, 3.63) is 47.0 Å². The maximum atomic E-state index is 11.2. The van der Waals surface area contributed by atoms with E-state index in [4.69, 9.17) is 16.9 Å². The van der Waals surface area contributed by atoms with Gasteiger partial charge in [-0.3, -0.25) is 9.59 Å². The zero-order chi connectivity index (χ0) is 14.7. The summed E-state index contributed by atoms with van der Waals surface area (Å²) >= 11 is 0. The van der Waals surface area contributed by atoms with Gasteiger partial charge < -0.3 is 16.9 Å². The van der Waals surface area contributed by atoms with Crippen LogP contribution in [0, 0.1) is 5.41 Å². The summed E-state index contributed by atoms with van der Waals surface area (Å²) in [5.74, 6) is 0. The Morgan fingerprint density at radius 1 is 0.850 bits per heavy atom. The highest BCUT2D eigenvalue weighted by Crippen LogP contribution is 2.36. The lowest BCUT2D eigenvalue weighted by Gasteiger charge is -2.16. The lowest BCUT2D eigenvalue weighted by atomic mass is 9.90. The third-order valence-corrected chi connectivity index (χ3v) is 3.14. The van der Waals surface area contributed by atoms with Gasteiger partial charge in [-0.15, -0.1) is 0 Å². The number of rotatable bonds is 4. The second-order valence-corrected chi connectivity index (χ2v) is 4.19. The van der Waals surface area contributed by atoms with Crippen LogP contribution in [0.5, 0.6) is 0 Å². The van der Waals surface area contributed by atoms with E-state index in [0.29, 0.717) is 23.7 Å². The molecule has 5 N–H and O–H groups in total. The number of aldehydes is 2. The minimum Gasteiger partial charge on any atom is -0.398 e. The molecule has 2 aromatic carbocycles. The van der Waals surface area contributed by atoms with Gasteiger partial charge in [0.2, 0.25) is 0 Å². The van der Waals surface area contributed by atoms with Crippen LogP contribution >= 0.6 is 0 Å². The van der Waals surface area contributed by atoms with Gasteiger partial charge >= 0.3 is 0 Å². The average Bonchev–Trinajstić information content (AvgIpc) is 2.49. The molecule has 2 rings (SSSR count). The second-order valence-electron chi connectivity index (χ2n) is 4.19. The molecule has 5 nitrogen and oxygen atoms in total. The van der Waals surface area contributed by atoms with E-state index in [1.54, 1.807) is 12.1 Å². The number of carbonyl (C=O) groups is 2. The fraction of sp³-hybridized carbons (Fsp3) is 0. The molecule has 0 radical (unpaired) electrons. The van der Waals surface area contributed by atoms with E-state index < -0.39 is 0 Å². The molecule has 0 unspecified atom stereocenters. The van der Waals surface area contributed by atoms with Crippen LogP contribution < -0.4 is 11.5 Å². The Morgan fingerprint density at radius 3 is 1.90 bits per heavy atom. The summed E-state index contributed by atoms with van der Waals surface area (Å²) in [6.45, 7) is 0. The number of hydrogen-bond acceptors (Lipinski definition) is 5. The number of nitrogens with two attached hydrogens (primary N) is 2. The fourth-order valence-corrected chi connectivity index (χ4v) is 2.17. The monoisotopic (exact) mass is 267 g/mol. The van der Waals surface area contributed by atoms with Gasteiger partial charge in [0.15, 0.2) is 12.6 Å². The average molecular weight is 267 g/mol. The first-order valence-corrected chi connectivity index (χ1v) is 5.86. The van der Waals surface area contributed by atoms with Crippen molar-refractivity contribution in [3.63, 3.8) is 0 Å². The van der Waals surface area contributed by atoms with Gasteiger partial charge in [0.05, 0.1) is 22.5 Å². The molecule has 0 spiro atoms. The predicted octanol–water partition coefficient (Wildman–Crippen LogP) is 2.14. The number of benzene rings is 2. The summed E-state index contributed by atoms with van der Waals surface area (Å²) in [6, 6.07) is 9.06. The smallest absolute Gasteiger partial charge is 0.152 e. The van der Waals surface area contributed by atoms with E-state index in [-0.39, 0.29) is 22.5 Å². The number of nitrogen functional groups attached to an aromatic ring is 2. The summed E-state index contributed by atoms with van der Waals surface area (Å²) in [5, 5.41) is 7.51. The molecule has 0 aromatic heterocycles. The lowest BCUT2D eigenvalue weighted by molar-refractivity contribution is 0.109. The number of anilines is 2. The molecule has 0 aliphatic carbocycles. The molecule has 5 heteroatoms. The van der Waals surface area contributed by atoms with E-state index in [1.807, 2.05) is 18.2 Å². The zero-order valence-electron chi connectivity index (χ0n) is 10.6. The molecule has 0 amide bonds. The summed E-state index contributed by atoms with van der Waals surface area (Å²) in [4.78, 5) is 22.3. The highest BCUT2D eigenvalue weighted by Gasteiger charge is 2.20. The van der Waals surface area contributed by atoms with Gasteiger partial charge in [0.1, 0.15) is 0 Å². The van der Waals surface area contributed by atoms with Crippen molar-refractivity contribution >= 4 is 30.2 Å². The molecular weight excluding hydrogens is 254 g/mol. The third kappa shape index (κ3) is 1.95. The van der Waals surface area contributed by atoms with Gasteiger partial charge in [-0.25, -0.2) is 0 Å². The second kappa shape index (κ2) is 5.36. The molecule has 0 heterocycles. The quantitative estimate of drug-likeness (QED) is 0.447. The fourth-order valence-electron chi connectivity index (χ4n) is 2.17. The predicted molar refractivity (Wildman–Crippen MR) is 79.4 cm³/mol. The minimum atomic E-state index is 0.0238. The van der Waals surface area contributed by atoms with Crippen LogP contribution in [0.4, 0.5) is 11.4 Å². The van der Waals surface area contributed by atoms with E-state index in [9.17, 15) is 9.59 Å². The molecule has 20 heavy (non-hydrogen) atoms. The van der Waals surface area contributed by atoms with Gasteiger partial charge in [-0.2, -0.15) is 0 Å². The van der Waals surface area contributed by atoms with Crippen molar-refractivity contribution < 1.29 is 9.59 Å². The van der Waals surface area contributed by atoms with Crippen LogP contribution in [-0.4, -0.2) is 18.8 Å². The van der Waals surface area contributed by atoms with Crippen LogP contribution in [0.2, 0.25) is 0 Å². The topological polar surface area (TPSA) is 110 Å². The first-order chi connectivity index (χ1) is 9.65. The van der Waals surface area contributed by atoms with Crippen LogP contribution in [-0.2, 0) is 0 Å². The Bertz CT molecular complexity index is 694. The van der Waals surface area contributed by atoms with Crippen molar-refractivity contribution in [2.45, 2.75) is 0 Å². The Balaban J connectivity index is 2.94. The number of nitrogens with one attached hydrogen (secondary N) is 1. The van der Waals surface area contributed by atoms with Crippen molar-refractivity contribution in [2.24, 2.45) is 0 Å². The summed E-state index contributed by atoms with van der Waals surface area (Å²) in [6.07, 6.45) is 2.03. The van der Waals surface area contributed by atoms with E-state index >= 15 is 0 Å². The lowest BCUT2D eigenvalue weighted by Crippen LogP contribution is -2.09. The molecule has 0 saturated carbocycles. The Hall–Kier alpha value is -2.95. The van der Waals surface area contributed by atoms with Crippen LogP contribution in [0.1, 0.15) is 26.3 Å². The van der Waals surface area contributed by atoms with Gasteiger partial charge in [-0.05, 0) is 5.56 Å². The standard InChI is InChI=1S/C15H13N3O2/c16-6-10-13(9-4-2-1-3-5-9)15(18)12(8-20)11(7-19)14(10)17/h1-8,16H,17-18H2. The highest BCUT2D eigenvalue weighted by atomic mass is 16.1. The first kappa shape index (κ1) is 13.5. The maximum absolute atomic E-state index is 11.2. The molecule has 0 atom stereocenters. The summed E-state index contributed by atoms with van der Waals surface area (Å²) in [7, 11) is 0. The zero-order valence-corrected chi connectivity index (χ0v) is 10.6. The van der Waals surface area contributed by atoms with Crippen molar-refractivity contribution in [1.29, 1.82) is 5.41 Å². The van der Waals surface area contributed by atoms with E-state index in [0.717, 1.165) is 11.8 Å². The third-order valence-electron chi connectivity index (χ3n) is 3.14. The normalized spacial score (nSPS) is 10.0. The van der Waals surface area contributed by atoms with Gasteiger partial charge in [-0.1, -0.05) is 30.3 Å². The number of carbonyl (C=O) groups excluding carboxylic acids is 2. The van der Waals surface area contributed by atoms with Crippen LogP contribution in [0.15, 0.2) is 30.3 Å². The van der Waals surface area contributed by atoms with Crippen molar-refractivity contribution in [2.75, 3.05) is 11.5 Å². The minimum absolute atomic E-state index is 0.0238. The van der Waals surface area contributed by atoms with Crippen molar-refractivity contribution in [1.82, 2.24) is 0 Å².